The Morgan fingerprint density at radius 3 is 2.00 bits per heavy atom. The number of sulfonamides is 1. The van der Waals surface area contributed by atoms with Gasteiger partial charge in [0.05, 0.1) is 21.2 Å². The fourth-order valence-corrected chi connectivity index (χ4v) is 7.19. The predicted octanol–water partition coefficient (Wildman–Crippen LogP) is 8.42. The third kappa shape index (κ3) is 9.48. The number of rotatable bonds is 13. The SMILES string of the molecule is CC[C@@H](C)NC(=O)[C@H](Cc1ccccc1)N(Cc1c(Cl)cccc1Cl)C(=O)CN(c1cc(C(F)(F)F)ccc1Cl)S(=O)(=O)c1ccccc1. The molecule has 4 aromatic rings. The average molecular weight is 755 g/mol. The third-order valence-corrected chi connectivity index (χ3v) is 10.6. The van der Waals surface area contributed by atoms with Crippen LogP contribution in [-0.2, 0) is 38.8 Å². The quantitative estimate of drug-likeness (QED) is 0.149. The van der Waals surface area contributed by atoms with Crippen molar-refractivity contribution in [1.82, 2.24) is 10.2 Å². The van der Waals surface area contributed by atoms with Crippen LogP contribution in [0.5, 0.6) is 0 Å². The molecule has 0 aliphatic rings. The number of carbonyl (C=O) groups is 2. The minimum Gasteiger partial charge on any atom is -0.352 e. The molecule has 0 aliphatic heterocycles. The van der Waals surface area contributed by atoms with E-state index in [1.54, 1.807) is 61.5 Å². The molecule has 7 nitrogen and oxygen atoms in total. The van der Waals surface area contributed by atoms with Gasteiger partial charge in [0.1, 0.15) is 12.6 Å². The Labute approximate surface area is 298 Å². The van der Waals surface area contributed by atoms with E-state index in [1.165, 1.54) is 24.3 Å². The zero-order chi connectivity index (χ0) is 35.9. The summed E-state index contributed by atoms with van der Waals surface area (Å²) < 4.78 is 70.4. The molecular weight excluding hydrogens is 722 g/mol. The fourth-order valence-electron chi connectivity index (χ4n) is 4.96. The molecule has 0 aromatic heterocycles. The molecule has 0 heterocycles. The number of hydrogen-bond acceptors (Lipinski definition) is 4. The van der Waals surface area contributed by atoms with Crippen molar-refractivity contribution in [3.05, 3.63) is 129 Å². The molecule has 0 fully saturated rings. The van der Waals surface area contributed by atoms with Crippen LogP contribution < -0.4 is 9.62 Å². The van der Waals surface area contributed by atoms with E-state index in [0.29, 0.717) is 28.4 Å². The lowest BCUT2D eigenvalue weighted by Gasteiger charge is -2.35. The van der Waals surface area contributed by atoms with Crippen molar-refractivity contribution in [3.8, 4) is 0 Å². The first-order valence-corrected chi connectivity index (χ1v) is 17.7. The van der Waals surface area contributed by atoms with Crippen molar-refractivity contribution in [2.45, 2.75) is 56.4 Å². The second-order valence-electron chi connectivity index (χ2n) is 11.2. The predicted molar refractivity (Wildman–Crippen MR) is 186 cm³/mol. The van der Waals surface area contributed by atoms with Gasteiger partial charge in [-0.15, -0.1) is 0 Å². The molecule has 0 saturated carbocycles. The Bertz CT molecular complexity index is 1860. The van der Waals surface area contributed by atoms with E-state index in [9.17, 15) is 31.2 Å². The first-order chi connectivity index (χ1) is 23.1. The molecule has 2 atom stereocenters. The number of nitrogens with one attached hydrogen (secondary N) is 1. The van der Waals surface area contributed by atoms with Gasteiger partial charge in [-0.05, 0) is 61.4 Å². The van der Waals surface area contributed by atoms with Crippen LogP contribution in [0.25, 0.3) is 0 Å². The Kier molecular flexibility index (Phi) is 12.6. The zero-order valence-corrected chi connectivity index (χ0v) is 29.5. The van der Waals surface area contributed by atoms with Crippen LogP contribution in [0.2, 0.25) is 15.1 Å². The van der Waals surface area contributed by atoms with E-state index in [2.05, 4.69) is 5.32 Å². The Morgan fingerprint density at radius 1 is 0.837 bits per heavy atom. The Hall–Kier alpha value is -3.77. The van der Waals surface area contributed by atoms with E-state index in [1.807, 2.05) is 6.92 Å². The van der Waals surface area contributed by atoms with E-state index in [-0.39, 0.29) is 44.5 Å². The molecule has 0 unspecified atom stereocenters. The molecule has 4 aromatic carbocycles. The number of carbonyl (C=O) groups excluding carboxylic acids is 2. The maximum atomic E-state index is 14.6. The van der Waals surface area contributed by atoms with Crippen LogP contribution in [-0.4, -0.2) is 43.8 Å². The average Bonchev–Trinajstić information content (AvgIpc) is 3.06. The summed E-state index contributed by atoms with van der Waals surface area (Å²) in [5.74, 6) is -1.46. The fraction of sp³-hybridized carbons (Fsp3) is 0.257. The lowest BCUT2D eigenvalue weighted by molar-refractivity contribution is -0.140. The Balaban J connectivity index is 1.91. The van der Waals surface area contributed by atoms with Crippen LogP contribution in [0.3, 0.4) is 0 Å². The van der Waals surface area contributed by atoms with Crippen LogP contribution in [0.4, 0.5) is 18.9 Å². The number of anilines is 1. The number of hydrogen-bond donors (Lipinski definition) is 1. The minimum atomic E-state index is -4.85. The number of alkyl halides is 3. The van der Waals surface area contributed by atoms with Gasteiger partial charge in [-0.25, -0.2) is 8.42 Å². The molecular formula is C35H33Cl3F3N3O4S. The van der Waals surface area contributed by atoms with Crippen molar-refractivity contribution in [3.63, 3.8) is 0 Å². The molecule has 0 bridgehead atoms. The molecule has 0 aliphatic carbocycles. The van der Waals surface area contributed by atoms with Crippen LogP contribution in [0, 0.1) is 0 Å². The summed E-state index contributed by atoms with van der Waals surface area (Å²) in [6.07, 6.45) is -4.27. The minimum absolute atomic E-state index is 0.00662. The number of halogens is 6. The van der Waals surface area contributed by atoms with Gasteiger partial charge in [-0.1, -0.05) is 96.3 Å². The molecule has 0 spiro atoms. The van der Waals surface area contributed by atoms with Crippen molar-refractivity contribution in [2.24, 2.45) is 0 Å². The van der Waals surface area contributed by atoms with Crippen molar-refractivity contribution in [1.29, 1.82) is 0 Å². The van der Waals surface area contributed by atoms with Gasteiger partial charge in [0.2, 0.25) is 11.8 Å². The summed E-state index contributed by atoms with van der Waals surface area (Å²) in [6, 6.07) is 21.1. The van der Waals surface area contributed by atoms with Gasteiger partial charge in [-0.3, -0.25) is 13.9 Å². The molecule has 0 saturated heterocycles. The summed E-state index contributed by atoms with van der Waals surface area (Å²) in [7, 11) is -4.70. The van der Waals surface area contributed by atoms with Crippen molar-refractivity contribution < 1.29 is 31.2 Å². The second kappa shape index (κ2) is 16.3. The van der Waals surface area contributed by atoms with E-state index in [4.69, 9.17) is 34.8 Å². The van der Waals surface area contributed by atoms with E-state index >= 15 is 0 Å². The van der Waals surface area contributed by atoms with Gasteiger partial charge < -0.3 is 10.2 Å². The van der Waals surface area contributed by atoms with Gasteiger partial charge in [-0.2, -0.15) is 13.2 Å². The smallest absolute Gasteiger partial charge is 0.352 e. The second-order valence-corrected chi connectivity index (χ2v) is 14.3. The molecule has 4 rings (SSSR count). The highest BCUT2D eigenvalue weighted by Gasteiger charge is 2.38. The van der Waals surface area contributed by atoms with Gasteiger partial charge in [0.15, 0.2) is 0 Å². The normalized spacial score (nSPS) is 13.0. The first-order valence-electron chi connectivity index (χ1n) is 15.1. The lowest BCUT2D eigenvalue weighted by Crippen LogP contribution is -2.54. The van der Waals surface area contributed by atoms with Gasteiger partial charge in [0, 0.05) is 34.6 Å². The highest BCUT2D eigenvalue weighted by atomic mass is 35.5. The maximum absolute atomic E-state index is 14.6. The molecule has 260 valence electrons. The zero-order valence-electron chi connectivity index (χ0n) is 26.4. The summed E-state index contributed by atoms with van der Waals surface area (Å²) in [6.45, 7) is 2.30. The summed E-state index contributed by atoms with van der Waals surface area (Å²) >= 11 is 19.4. The van der Waals surface area contributed by atoms with Crippen LogP contribution in [0.1, 0.15) is 37.0 Å². The largest absolute Gasteiger partial charge is 0.416 e. The van der Waals surface area contributed by atoms with E-state index < -0.39 is 51.9 Å². The van der Waals surface area contributed by atoms with Crippen LogP contribution >= 0.6 is 34.8 Å². The standard InChI is InChI=1S/C35H33Cl3F3N3O4S/c1-3-23(2)42-34(46)32(19-24-11-6-4-7-12-24)43(21-27-28(36)15-10-16-29(27)37)33(45)22-44(49(47,48)26-13-8-5-9-14-26)31-20-25(35(39,40)41)17-18-30(31)38/h4-18,20,23,32H,3,19,21-22H2,1-2H3,(H,42,46)/t23-,32+/m1/s1. The number of nitrogens with zero attached hydrogens (tertiary/aromatic N) is 2. The van der Waals surface area contributed by atoms with Crippen LogP contribution in [0.15, 0.2) is 102 Å². The number of amides is 2. The maximum Gasteiger partial charge on any atom is 0.416 e. The third-order valence-electron chi connectivity index (χ3n) is 7.81. The van der Waals surface area contributed by atoms with Crippen molar-refractivity contribution >= 4 is 62.3 Å². The molecule has 14 heteroatoms. The molecule has 0 radical (unpaired) electrons. The monoisotopic (exact) mass is 753 g/mol. The van der Waals surface area contributed by atoms with Gasteiger partial charge >= 0.3 is 6.18 Å². The summed E-state index contributed by atoms with van der Waals surface area (Å²) in [5.41, 5.74) is -0.789. The highest BCUT2D eigenvalue weighted by Crippen LogP contribution is 2.38. The van der Waals surface area contributed by atoms with Gasteiger partial charge in [0.25, 0.3) is 10.0 Å². The topological polar surface area (TPSA) is 86.8 Å². The van der Waals surface area contributed by atoms with Crippen molar-refractivity contribution in [2.75, 3.05) is 10.8 Å². The highest BCUT2D eigenvalue weighted by molar-refractivity contribution is 7.92. The molecule has 1 N–H and O–H groups in total. The molecule has 49 heavy (non-hydrogen) atoms. The Morgan fingerprint density at radius 2 is 1.43 bits per heavy atom. The number of benzene rings is 4. The molecule has 2 amide bonds. The summed E-state index contributed by atoms with van der Waals surface area (Å²) in [4.78, 5) is 29.4. The summed E-state index contributed by atoms with van der Waals surface area (Å²) in [5, 5.41) is 2.91. The first kappa shape index (κ1) is 38.0. The lowest BCUT2D eigenvalue weighted by atomic mass is 10.0. The van der Waals surface area contributed by atoms with E-state index in [0.717, 1.165) is 11.0 Å².